The quantitative estimate of drug-likeness (QED) is 0.295. The molecule has 182 valence electrons. The summed E-state index contributed by atoms with van der Waals surface area (Å²) in [5.74, 6) is 3.05. The van der Waals surface area contributed by atoms with Crippen LogP contribution in [0, 0.1) is 11.3 Å². The molecular weight excluding hydrogens is 481 g/mol. The highest BCUT2D eigenvalue weighted by Crippen LogP contribution is 2.55. The highest BCUT2D eigenvalue weighted by Gasteiger charge is 2.54. The number of carbonyl (C=O) groups is 1. The highest BCUT2D eigenvalue weighted by atomic mass is 35.5. The van der Waals surface area contributed by atoms with Crippen molar-refractivity contribution in [3.63, 3.8) is 0 Å². The molecule has 0 N–H and O–H groups in total. The third-order valence-corrected chi connectivity index (χ3v) is 9.17. The summed E-state index contributed by atoms with van der Waals surface area (Å²) in [4.78, 5) is 16.8. The molecule has 0 radical (unpaired) electrons. The van der Waals surface area contributed by atoms with Gasteiger partial charge in [0.05, 0.1) is 11.5 Å². The topological polar surface area (TPSA) is 20.3 Å². The summed E-state index contributed by atoms with van der Waals surface area (Å²) < 4.78 is 0. The van der Waals surface area contributed by atoms with Gasteiger partial charge in [-0.2, -0.15) is 11.8 Å². The van der Waals surface area contributed by atoms with Gasteiger partial charge in [-0.3, -0.25) is 4.79 Å². The molecule has 0 aromatic heterocycles. The molecule has 2 fully saturated rings. The Labute approximate surface area is 219 Å². The Hall–Kier alpha value is -1.42. The molecule has 4 rings (SSSR count). The maximum absolute atomic E-state index is 14.5. The van der Waals surface area contributed by atoms with Gasteiger partial charge in [-0.15, -0.1) is 6.58 Å². The Morgan fingerprint density at radius 2 is 1.85 bits per heavy atom. The first kappa shape index (κ1) is 25.7. The van der Waals surface area contributed by atoms with Crippen LogP contribution in [0.5, 0.6) is 0 Å². The fourth-order valence-corrected chi connectivity index (χ4v) is 6.95. The van der Waals surface area contributed by atoms with Gasteiger partial charge < -0.3 is 4.90 Å². The number of amides is 1. The summed E-state index contributed by atoms with van der Waals surface area (Å²) in [6, 6.07) is 16.5. The van der Waals surface area contributed by atoms with E-state index in [1.54, 1.807) is 0 Å². The summed E-state index contributed by atoms with van der Waals surface area (Å²) in [7, 11) is 0. The van der Waals surface area contributed by atoms with Gasteiger partial charge in [-0.05, 0) is 79.2 Å². The zero-order valence-electron chi connectivity index (χ0n) is 20.2. The molecule has 1 saturated heterocycles. The minimum absolute atomic E-state index is 0.0456. The number of benzene rings is 2. The van der Waals surface area contributed by atoms with Crippen LogP contribution in [0.15, 0.2) is 61.2 Å². The van der Waals surface area contributed by atoms with Crippen molar-refractivity contribution in [2.45, 2.75) is 64.0 Å². The number of allylic oxidation sites excluding steroid dienone is 1. The number of rotatable bonds is 10. The average Bonchev–Trinajstić information content (AvgIpc) is 3.67. The van der Waals surface area contributed by atoms with Gasteiger partial charge in [0.25, 0.3) is 0 Å². The van der Waals surface area contributed by atoms with Crippen LogP contribution in [-0.4, -0.2) is 28.4 Å². The number of piperidine rings is 1. The van der Waals surface area contributed by atoms with Crippen molar-refractivity contribution in [2.75, 3.05) is 11.5 Å². The van der Waals surface area contributed by atoms with Crippen molar-refractivity contribution < 1.29 is 4.79 Å². The van der Waals surface area contributed by atoms with Crippen LogP contribution in [0.2, 0.25) is 10.0 Å². The normalized spacial score (nSPS) is 25.9. The predicted octanol–water partition coefficient (Wildman–Crippen LogP) is 8.55. The van der Waals surface area contributed by atoms with Crippen molar-refractivity contribution >= 4 is 40.9 Å². The van der Waals surface area contributed by atoms with Gasteiger partial charge in [0.15, 0.2) is 0 Å². The van der Waals surface area contributed by atoms with Crippen molar-refractivity contribution in [1.82, 2.24) is 4.90 Å². The molecule has 0 spiro atoms. The van der Waals surface area contributed by atoms with Crippen LogP contribution in [0.4, 0.5) is 0 Å². The number of halogens is 2. The SMILES string of the molecule is C=CCC1(CC)C[C@H](c2cccc(Cl)c2)[C@@H](c2ccc(Cl)cc2)N([C@H](CSCC)C2CC2)C1=O. The lowest BCUT2D eigenvalue weighted by molar-refractivity contribution is -0.156. The van der Waals surface area contributed by atoms with Gasteiger partial charge in [0.1, 0.15) is 0 Å². The summed E-state index contributed by atoms with van der Waals surface area (Å²) in [6.07, 6.45) is 6.63. The van der Waals surface area contributed by atoms with Crippen molar-refractivity contribution in [2.24, 2.45) is 11.3 Å². The molecule has 1 saturated carbocycles. The van der Waals surface area contributed by atoms with E-state index in [0.29, 0.717) is 23.3 Å². The maximum Gasteiger partial charge on any atom is 0.229 e. The monoisotopic (exact) mass is 515 g/mol. The van der Waals surface area contributed by atoms with E-state index < -0.39 is 5.41 Å². The molecule has 1 aliphatic carbocycles. The molecule has 5 heteroatoms. The number of hydrogen-bond acceptors (Lipinski definition) is 2. The first-order valence-corrected chi connectivity index (χ1v) is 14.4. The number of carbonyl (C=O) groups excluding carboxylic acids is 1. The molecule has 1 heterocycles. The molecule has 0 bridgehead atoms. The third-order valence-electron chi connectivity index (χ3n) is 7.70. The Balaban J connectivity index is 1.90. The number of nitrogens with zero attached hydrogens (tertiary/aromatic N) is 1. The first-order chi connectivity index (χ1) is 16.4. The van der Waals surface area contributed by atoms with Crippen LogP contribution in [0.25, 0.3) is 0 Å². The molecule has 2 nitrogen and oxygen atoms in total. The Morgan fingerprint density at radius 3 is 2.44 bits per heavy atom. The lowest BCUT2D eigenvalue weighted by Crippen LogP contribution is -2.57. The minimum atomic E-state index is -0.443. The molecule has 1 aliphatic heterocycles. The van der Waals surface area contributed by atoms with E-state index in [9.17, 15) is 4.79 Å². The fraction of sp³-hybridized carbons (Fsp3) is 0.483. The Kier molecular flexibility index (Phi) is 8.38. The Bertz CT molecular complexity index is 1010. The second-order valence-electron chi connectivity index (χ2n) is 9.77. The van der Waals surface area contributed by atoms with E-state index in [4.69, 9.17) is 23.2 Å². The molecular formula is C29H35Cl2NOS. The largest absolute Gasteiger partial charge is 0.330 e. The molecule has 34 heavy (non-hydrogen) atoms. The second kappa shape index (κ2) is 11.1. The smallest absolute Gasteiger partial charge is 0.229 e. The average molecular weight is 517 g/mol. The maximum atomic E-state index is 14.5. The molecule has 2 aromatic rings. The van der Waals surface area contributed by atoms with Crippen molar-refractivity contribution in [3.05, 3.63) is 82.4 Å². The second-order valence-corrected chi connectivity index (χ2v) is 12.0. The van der Waals surface area contributed by atoms with Gasteiger partial charge >= 0.3 is 0 Å². The van der Waals surface area contributed by atoms with Crippen LogP contribution in [0.3, 0.4) is 0 Å². The first-order valence-electron chi connectivity index (χ1n) is 12.5. The van der Waals surface area contributed by atoms with Crippen LogP contribution >= 0.6 is 35.0 Å². The van der Waals surface area contributed by atoms with Crippen LogP contribution < -0.4 is 0 Å². The zero-order chi connectivity index (χ0) is 24.3. The predicted molar refractivity (Wildman–Crippen MR) is 147 cm³/mol. The standard InChI is InChI=1S/C29H35Cl2NOS/c1-4-16-29(5-2)18-25(22-8-7-9-24(31)17-22)27(21-12-14-23(30)15-13-21)32(28(29)33)26(19-34-6-3)20-10-11-20/h4,7-9,12-15,17,20,25-27H,1,5-6,10-11,16,18-19H2,2-3H3/t25-,26-,27-,29?/m1/s1. The van der Waals surface area contributed by atoms with Crippen molar-refractivity contribution in [3.8, 4) is 0 Å². The summed E-state index contributed by atoms with van der Waals surface area (Å²) in [6.45, 7) is 8.39. The van der Waals surface area contributed by atoms with Gasteiger partial charge in [-0.1, -0.05) is 67.4 Å². The lowest BCUT2D eigenvalue weighted by atomic mass is 9.65. The highest BCUT2D eigenvalue weighted by molar-refractivity contribution is 7.99. The van der Waals surface area contributed by atoms with Crippen LogP contribution in [-0.2, 0) is 4.79 Å². The van der Waals surface area contributed by atoms with Crippen molar-refractivity contribution in [1.29, 1.82) is 0 Å². The fourth-order valence-electron chi connectivity index (χ4n) is 5.71. The van der Waals surface area contributed by atoms with Gasteiger partial charge in [0, 0.05) is 27.8 Å². The van der Waals surface area contributed by atoms with E-state index in [-0.39, 0.29) is 18.0 Å². The number of thioether (sulfide) groups is 1. The van der Waals surface area contributed by atoms with E-state index in [0.717, 1.165) is 34.9 Å². The Morgan fingerprint density at radius 1 is 1.12 bits per heavy atom. The molecule has 4 atom stereocenters. The molecule has 1 unspecified atom stereocenters. The number of likely N-dealkylation sites (tertiary alicyclic amines) is 1. The lowest BCUT2D eigenvalue weighted by Gasteiger charge is -2.53. The molecule has 2 aromatic carbocycles. The molecule has 1 amide bonds. The van der Waals surface area contributed by atoms with Crippen LogP contribution in [0.1, 0.15) is 69.0 Å². The summed E-state index contributed by atoms with van der Waals surface area (Å²) in [5.41, 5.74) is 1.91. The third kappa shape index (κ3) is 5.22. The molecule has 2 aliphatic rings. The van der Waals surface area contributed by atoms with E-state index in [1.165, 1.54) is 18.4 Å². The van der Waals surface area contributed by atoms with Gasteiger partial charge in [-0.25, -0.2) is 0 Å². The van der Waals surface area contributed by atoms with E-state index in [1.807, 2.05) is 42.1 Å². The zero-order valence-corrected chi connectivity index (χ0v) is 22.5. The van der Waals surface area contributed by atoms with E-state index >= 15 is 0 Å². The van der Waals surface area contributed by atoms with Gasteiger partial charge in [0.2, 0.25) is 5.91 Å². The van der Waals surface area contributed by atoms with E-state index in [2.05, 4.69) is 49.6 Å². The minimum Gasteiger partial charge on any atom is -0.330 e. The summed E-state index contributed by atoms with van der Waals surface area (Å²) >= 11 is 14.7. The number of hydrogen-bond donors (Lipinski definition) is 0. The summed E-state index contributed by atoms with van der Waals surface area (Å²) in [5, 5.41) is 1.45.